The molecule has 1 amide bonds. The van der Waals surface area contributed by atoms with Gasteiger partial charge in [0.05, 0.1) is 17.8 Å². The second-order valence-electron chi connectivity index (χ2n) is 9.43. The molecule has 0 saturated carbocycles. The Morgan fingerprint density at radius 3 is 1.78 bits per heavy atom. The zero-order chi connectivity index (χ0) is 25.6. The minimum atomic E-state index is -3.36. The SMILES string of the molecule is CN1CC(P(=O)(c2ccccc2)c2ccccc2)=C(c2ccccc2)c2c(c3ccccc3n2C)C1=O. The quantitative estimate of drug-likeness (QED) is 0.281. The standard InChI is InChI=1S/C32H27N2O2P/c1-33-22-28(37(36,24-16-8-4-9-17-24)25-18-10-5-11-19-25)29(23-14-6-3-7-15-23)31-30(32(33)35)26-20-12-13-21-27(26)34(31)2/h3-21H,22H2,1-2H3. The molecular weight excluding hydrogens is 475 g/mol. The van der Waals surface area contributed by atoms with Crippen molar-refractivity contribution in [3.63, 3.8) is 0 Å². The molecule has 37 heavy (non-hydrogen) atoms. The molecule has 1 aromatic heterocycles. The maximum Gasteiger partial charge on any atom is 0.256 e. The molecular formula is C32H27N2O2P. The summed E-state index contributed by atoms with van der Waals surface area (Å²) < 4.78 is 17.8. The van der Waals surface area contributed by atoms with E-state index in [1.54, 1.807) is 4.90 Å². The number of amides is 1. The lowest BCUT2D eigenvalue weighted by Crippen LogP contribution is -2.30. The van der Waals surface area contributed by atoms with Crippen LogP contribution in [0.15, 0.2) is 121 Å². The molecule has 0 radical (unpaired) electrons. The van der Waals surface area contributed by atoms with Crippen molar-refractivity contribution in [3.05, 3.63) is 137 Å². The van der Waals surface area contributed by atoms with E-state index >= 15 is 4.57 Å². The average Bonchev–Trinajstić information content (AvgIpc) is 3.18. The number of likely N-dealkylation sites (N-methyl/N-ethyl adjacent to an activating group) is 1. The van der Waals surface area contributed by atoms with E-state index in [1.807, 2.05) is 129 Å². The number of rotatable bonds is 4. The Balaban J connectivity index is 1.82. The molecule has 2 heterocycles. The van der Waals surface area contributed by atoms with Gasteiger partial charge in [-0.2, -0.15) is 0 Å². The number of benzene rings is 4. The first kappa shape index (κ1) is 23.3. The third-order valence-electron chi connectivity index (χ3n) is 7.26. The van der Waals surface area contributed by atoms with Crippen LogP contribution in [0.3, 0.4) is 0 Å². The minimum Gasteiger partial charge on any atom is -0.343 e. The molecule has 5 heteroatoms. The smallest absolute Gasteiger partial charge is 0.256 e. The van der Waals surface area contributed by atoms with Crippen LogP contribution in [0.2, 0.25) is 0 Å². The van der Waals surface area contributed by atoms with Crippen molar-refractivity contribution in [3.8, 4) is 0 Å². The van der Waals surface area contributed by atoms with Gasteiger partial charge in [0.15, 0.2) is 7.14 Å². The van der Waals surface area contributed by atoms with Gasteiger partial charge in [0.2, 0.25) is 0 Å². The van der Waals surface area contributed by atoms with Gasteiger partial charge >= 0.3 is 0 Å². The summed E-state index contributed by atoms with van der Waals surface area (Å²) in [4.78, 5) is 15.7. The summed E-state index contributed by atoms with van der Waals surface area (Å²) in [6.45, 7) is 0.257. The number of fused-ring (bicyclic) bond motifs is 3. The summed E-state index contributed by atoms with van der Waals surface area (Å²) in [5.74, 6) is -0.0668. The van der Waals surface area contributed by atoms with Crippen molar-refractivity contribution >= 4 is 40.1 Å². The van der Waals surface area contributed by atoms with Crippen molar-refractivity contribution in [1.82, 2.24) is 9.47 Å². The van der Waals surface area contributed by atoms with E-state index < -0.39 is 7.14 Å². The summed E-state index contributed by atoms with van der Waals surface area (Å²) in [6, 6.07) is 37.4. The third-order valence-corrected chi connectivity index (χ3v) is 10.4. The van der Waals surface area contributed by atoms with E-state index in [4.69, 9.17) is 0 Å². The highest BCUT2D eigenvalue weighted by Gasteiger charge is 2.40. The maximum absolute atomic E-state index is 15.7. The van der Waals surface area contributed by atoms with E-state index in [2.05, 4.69) is 4.57 Å². The number of nitrogens with zero attached hydrogens (tertiary/aromatic N) is 2. The molecule has 0 spiro atoms. The van der Waals surface area contributed by atoms with Gasteiger partial charge in [0, 0.05) is 46.5 Å². The van der Waals surface area contributed by atoms with Crippen LogP contribution in [0.1, 0.15) is 21.6 Å². The van der Waals surface area contributed by atoms with Crippen molar-refractivity contribution in [2.45, 2.75) is 0 Å². The van der Waals surface area contributed by atoms with Gasteiger partial charge in [0.25, 0.3) is 5.91 Å². The zero-order valence-electron chi connectivity index (χ0n) is 20.8. The van der Waals surface area contributed by atoms with Crippen molar-refractivity contribution in [1.29, 1.82) is 0 Å². The van der Waals surface area contributed by atoms with Crippen LogP contribution in [-0.2, 0) is 11.6 Å². The molecule has 4 aromatic carbocycles. The number of aryl methyl sites for hydroxylation is 1. The second kappa shape index (κ2) is 9.06. The molecule has 1 aliphatic heterocycles. The van der Waals surface area contributed by atoms with Gasteiger partial charge in [0.1, 0.15) is 0 Å². The molecule has 182 valence electrons. The van der Waals surface area contributed by atoms with E-state index in [9.17, 15) is 4.79 Å². The highest BCUT2D eigenvalue weighted by atomic mass is 31.2. The molecule has 0 bridgehead atoms. The topological polar surface area (TPSA) is 42.3 Å². The van der Waals surface area contributed by atoms with Crippen molar-refractivity contribution in [2.75, 3.05) is 13.6 Å². The maximum atomic E-state index is 15.7. The summed E-state index contributed by atoms with van der Waals surface area (Å²) in [6.07, 6.45) is 0. The predicted molar refractivity (Wildman–Crippen MR) is 152 cm³/mol. The Bertz CT molecular complexity index is 1660. The largest absolute Gasteiger partial charge is 0.343 e. The zero-order valence-corrected chi connectivity index (χ0v) is 21.7. The monoisotopic (exact) mass is 502 g/mol. The number of carbonyl (C=O) groups is 1. The van der Waals surface area contributed by atoms with E-state index in [1.165, 1.54) is 0 Å². The Kier molecular flexibility index (Phi) is 5.70. The number of carbonyl (C=O) groups excluding carboxylic acids is 1. The van der Waals surface area contributed by atoms with Gasteiger partial charge in [-0.25, -0.2) is 0 Å². The third kappa shape index (κ3) is 3.60. The Morgan fingerprint density at radius 2 is 1.19 bits per heavy atom. The van der Waals surface area contributed by atoms with E-state index in [0.717, 1.165) is 43.7 Å². The molecule has 0 saturated heterocycles. The molecule has 0 aliphatic carbocycles. The fourth-order valence-electron chi connectivity index (χ4n) is 5.51. The number of aromatic nitrogens is 1. The lowest BCUT2D eigenvalue weighted by atomic mass is 9.98. The molecule has 5 aromatic rings. The Labute approximate surface area is 216 Å². The molecule has 0 N–H and O–H groups in total. The van der Waals surface area contributed by atoms with Crippen LogP contribution >= 0.6 is 7.14 Å². The Hall–Kier alpha value is -4.14. The minimum absolute atomic E-state index is 0.0668. The van der Waals surface area contributed by atoms with E-state index in [0.29, 0.717) is 5.56 Å². The van der Waals surface area contributed by atoms with Crippen LogP contribution in [0.4, 0.5) is 0 Å². The summed E-state index contributed by atoms with van der Waals surface area (Å²) in [5, 5.41) is 3.18. The van der Waals surface area contributed by atoms with Gasteiger partial charge in [-0.1, -0.05) is 109 Å². The summed E-state index contributed by atoms with van der Waals surface area (Å²) >= 11 is 0. The normalized spacial score (nSPS) is 14.1. The Morgan fingerprint density at radius 1 is 0.676 bits per heavy atom. The molecule has 0 fully saturated rings. The first-order valence-corrected chi connectivity index (χ1v) is 14.1. The molecule has 0 atom stereocenters. The fraction of sp³-hybridized carbons (Fsp3) is 0.0938. The van der Waals surface area contributed by atoms with Gasteiger partial charge in [-0.05, 0) is 11.6 Å². The highest BCUT2D eigenvalue weighted by molar-refractivity contribution is 7.82. The lowest BCUT2D eigenvalue weighted by Gasteiger charge is -2.27. The van der Waals surface area contributed by atoms with Crippen LogP contribution in [0, 0.1) is 0 Å². The van der Waals surface area contributed by atoms with Crippen molar-refractivity contribution in [2.24, 2.45) is 7.05 Å². The van der Waals surface area contributed by atoms with Crippen LogP contribution in [-0.4, -0.2) is 29.0 Å². The first-order chi connectivity index (χ1) is 18.0. The number of para-hydroxylation sites is 1. The van der Waals surface area contributed by atoms with E-state index in [-0.39, 0.29) is 12.5 Å². The summed E-state index contributed by atoms with van der Waals surface area (Å²) in [5.41, 5.74) is 4.24. The lowest BCUT2D eigenvalue weighted by molar-refractivity contribution is 0.0812. The van der Waals surface area contributed by atoms with Crippen LogP contribution < -0.4 is 10.6 Å². The van der Waals surface area contributed by atoms with Crippen LogP contribution in [0.25, 0.3) is 16.5 Å². The highest BCUT2D eigenvalue weighted by Crippen LogP contribution is 2.57. The van der Waals surface area contributed by atoms with Gasteiger partial charge < -0.3 is 14.0 Å². The number of hydrogen-bond acceptors (Lipinski definition) is 2. The fourth-order valence-corrected chi connectivity index (χ4v) is 8.57. The van der Waals surface area contributed by atoms with Gasteiger partial charge in [-0.15, -0.1) is 0 Å². The first-order valence-electron chi connectivity index (χ1n) is 12.4. The summed E-state index contributed by atoms with van der Waals surface area (Å²) in [7, 11) is 0.445. The molecule has 0 unspecified atom stereocenters. The van der Waals surface area contributed by atoms with Crippen LogP contribution in [0.5, 0.6) is 0 Å². The molecule has 6 rings (SSSR count). The van der Waals surface area contributed by atoms with Gasteiger partial charge in [-0.3, -0.25) is 4.79 Å². The predicted octanol–water partition coefficient (Wildman–Crippen LogP) is 6.04. The average molecular weight is 503 g/mol. The second-order valence-corrected chi connectivity index (χ2v) is 12.2. The number of hydrogen-bond donors (Lipinski definition) is 0. The molecule has 1 aliphatic rings. The molecule has 4 nitrogen and oxygen atoms in total. The van der Waals surface area contributed by atoms with Crippen molar-refractivity contribution < 1.29 is 9.36 Å².